The highest BCUT2D eigenvalue weighted by Gasteiger charge is 2.34. The van der Waals surface area contributed by atoms with E-state index in [2.05, 4.69) is 31.0 Å². The second-order valence-electron chi connectivity index (χ2n) is 5.70. The van der Waals surface area contributed by atoms with Crippen LogP contribution in [-0.2, 0) is 0 Å². The van der Waals surface area contributed by atoms with Gasteiger partial charge in [-0.3, -0.25) is 4.90 Å². The number of rotatable bonds is 2. The van der Waals surface area contributed by atoms with E-state index < -0.39 is 0 Å². The molecule has 0 amide bonds. The van der Waals surface area contributed by atoms with Gasteiger partial charge in [0.05, 0.1) is 6.04 Å². The topological polar surface area (TPSA) is 28.4 Å². The summed E-state index contributed by atoms with van der Waals surface area (Å²) in [6.07, 6.45) is 0. The van der Waals surface area contributed by atoms with Crippen LogP contribution in [0.25, 0.3) is 0 Å². The van der Waals surface area contributed by atoms with Gasteiger partial charge in [0.1, 0.15) is 5.76 Å². The quantitative estimate of drug-likeness (QED) is 0.882. The summed E-state index contributed by atoms with van der Waals surface area (Å²) in [5.41, 5.74) is 0.137. The molecule has 1 fully saturated rings. The average Bonchev–Trinajstić information content (AvgIpc) is 2.64. The predicted octanol–water partition coefficient (Wildman–Crippen LogP) is 2.93. The number of hydrogen-bond acceptors (Lipinski definition) is 3. The summed E-state index contributed by atoms with van der Waals surface area (Å²) in [5, 5.41) is 3.86. The Balaban J connectivity index is 2.24. The van der Waals surface area contributed by atoms with E-state index in [1.165, 1.54) is 0 Å². The smallest absolute Gasteiger partial charge is 0.193 e. The molecule has 4 heteroatoms. The minimum atomic E-state index is 0.137. The first-order chi connectivity index (χ1) is 7.98. The summed E-state index contributed by atoms with van der Waals surface area (Å²) >= 11 is 5.90. The summed E-state index contributed by atoms with van der Waals surface area (Å²) in [5.74, 6) is 0.976. The van der Waals surface area contributed by atoms with Crippen LogP contribution in [0.3, 0.4) is 0 Å². The van der Waals surface area contributed by atoms with Crippen molar-refractivity contribution in [2.24, 2.45) is 5.41 Å². The largest absolute Gasteiger partial charge is 0.448 e. The van der Waals surface area contributed by atoms with Crippen molar-refractivity contribution < 1.29 is 4.42 Å². The molecule has 2 rings (SSSR count). The van der Waals surface area contributed by atoms with Crippen molar-refractivity contribution in [3.8, 4) is 0 Å². The molecular formula is C13H21ClN2O. The van der Waals surface area contributed by atoms with E-state index in [0.717, 1.165) is 31.9 Å². The Kier molecular flexibility index (Phi) is 3.81. The first kappa shape index (κ1) is 12.9. The lowest BCUT2D eigenvalue weighted by Gasteiger charge is -2.41. The Morgan fingerprint density at radius 2 is 1.94 bits per heavy atom. The molecule has 0 aliphatic carbocycles. The molecule has 2 heterocycles. The standard InChI is InChI=1S/C13H21ClN2O/c1-13(2,3)12(10-4-5-11(14)17-10)16-8-6-15-7-9-16/h4-5,12,15H,6-9H2,1-3H3/t12-/m0/s1. The monoisotopic (exact) mass is 256 g/mol. The minimum Gasteiger partial charge on any atom is -0.448 e. The third-order valence-corrected chi connectivity index (χ3v) is 3.40. The number of furan rings is 1. The summed E-state index contributed by atoms with van der Waals surface area (Å²) < 4.78 is 5.63. The lowest BCUT2D eigenvalue weighted by molar-refractivity contribution is 0.0698. The van der Waals surface area contributed by atoms with Crippen LogP contribution < -0.4 is 5.32 Å². The van der Waals surface area contributed by atoms with E-state index >= 15 is 0 Å². The second-order valence-corrected chi connectivity index (χ2v) is 6.07. The Morgan fingerprint density at radius 3 is 2.41 bits per heavy atom. The maximum Gasteiger partial charge on any atom is 0.193 e. The Labute approximate surface area is 108 Å². The first-order valence-corrected chi connectivity index (χ1v) is 6.56. The predicted molar refractivity (Wildman–Crippen MR) is 70.4 cm³/mol. The number of halogens is 1. The van der Waals surface area contributed by atoms with E-state index in [0.29, 0.717) is 5.22 Å². The van der Waals surface area contributed by atoms with Gasteiger partial charge in [-0.25, -0.2) is 0 Å². The fraction of sp³-hybridized carbons (Fsp3) is 0.692. The molecular weight excluding hydrogens is 236 g/mol. The third kappa shape index (κ3) is 3.03. The van der Waals surface area contributed by atoms with E-state index in [1.807, 2.05) is 12.1 Å². The van der Waals surface area contributed by atoms with E-state index in [9.17, 15) is 0 Å². The van der Waals surface area contributed by atoms with Gasteiger partial charge in [-0.15, -0.1) is 0 Å². The molecule has 3 nitrogen and oxygen atoms in total. The molecule has 0 radical (unpaired) electrons. The van der Waals surface area contributed by atoms with Crippen LogP contribution in [0.4, 0.5) is 0 Å². The third-order valence-electron chi connectivity index (χ3n) is 3.20. The maximum absolute atomic E-state index is 5.90. The highest BCUT2D eigenvalue weighted by Crippen LogP contribution is 2.39. The summed E-state index contributed by atoms with van der Waals surface area (Å²) in [6, 6.07) is 4.12. The number of hydrogen-bond donors (Lipinski definition) is 1. The fourth-order valence-corrected chi connectivity index (χ4v) is 2.72. The first-order valence-electron chi connectivity index (χ1n) is 6.18. The summed E-state index contributed by atoms with van der Waals surface area (Å²) in [6.45, 7) is 10.9. The molecule has 0 spiro atoms. The molecule has 1 aliphatic rings. The number of nitrogens with one attached hydrogen (secondary N) is 1. The van der Waals surface area contributed by atoms with Crippen molar-refractivity contribution in [3.05, 3.63) is 23.1 Å². The molecule has 96 valence electrons. The van der Waals surface area contributed by atoms with Crippen molar-refractivity contribution in [2.75, 3.05) is 26.2 Å². The van der Waals surface area contributed by atoms with Crippen LogP contribution >= 0.6 is 11.6 Å². The maximum atomic E-state index is 5.90. The zero-order valence-electron chi connectivity index (χ0n) is 10.8. The van der Waals surface area contributed by atoms with Gasteiger partial charge >= 0.3 is 0 Å². The Bertz CT molecular complexity index is 364. The second kappa shape index (κ2) is 5.01. The van der Waals surface area contributed by atoms with Crippen molar-refractivity contribution in [2.45, 2.75) is 26.8 Å². The SMILES string of the molecule is CC(C)(C)[C@H](c1ccc(Cl)o1)N1CCNCC1. The molecule has 1 N–H and O–H groups in total. The van der Waals surface area contributed by atoms with Crippen LogP contribution in [0.1, 0.15) is 32.6 Å². The van der Waals surface area contributed by atoms with Crippen LogP contribution in [0.5, 0.6) is 0 Å². The number of nitrogens with zero attached hydrogens (tertiary/aromatic N) is 1. The zero-order chi connectivity index (χ0) is 12.5. The normalized spacial score (nSPS) is 20.5. The van der Waals surface area contributed by atoms with Crippen LogP contribution in [0, 0.1) is 5.41 Å². The van der Waals surface area contributed by atoms with Crippen molar-refractivity contribution in [1.29, 1.82) is 0 Å². The molecule has 0 bridgehead atoms. The van der Waals surface area contributed by atoms with E-state index in [1.54, 1.807) is 0 Å². The Morgan fingerprint density at radius 1 is 1.29 bits per heavy atom. The van der Waals surface area contributed by atoms with Gasteiger partial charge in [0.25, 0.3) is 0 Å². The van der Waals surface area contributed by atoms with Crippen LogP contribution in [0.15, 0.2) is 16.5 Å². The van der Waals surface area contributed by atoms with Gasteiger partial charge < -0.3 is 9.73 Å². The van der Waals surface area contributed by atoms with Crippen molar-refractivity contribution in [3.63, 3.8) is 0 Å². The lowest BCUT2D eigenvalue weighted by Crippen LogP contribution is -2.48. The van der Waals surface area contributed by atoms with Gasteiger partial charge in [0.2, 0.25) is 0 Å². The lowest BCUT2D eigenvalue weighted by atomic mass is 9.84. The highest BCUT2D eigenvalue weighted by atomic mass is 35.5. The molecule has 1 aromatic heterocycles. The van der Waals surface area contributed by atoms with Gasteiger partial charge in [-0.05, 0) is 29.1 Å². The number of piperazine rings is 1. The highest BCUT2D eigenvalue weighted by molar-refractivity contribution is 6.28. The Hall–Kier alpha value is -0.510. The van der Waals surface area contributed by atoms with Gasteiger partial charge in [-0.1, -0.05) is 20.8 Å². The van der Waals surface area contributed by atoms with Crippen molar-refractivity contribution >= 4 is 11.6 Å². The molecule has 1 aromatic rings. The van der Waals surface area contributed by atoms with Gasteiger partial charge in [0, 0.05) is 26.2 Å². The van der Waals surface area contributed by atoms with E-state index in [4.69, 9.17) is 16.0 Å². The molecule has 17 heavy (non-hydrogen) atoms. The molecule has 1 atom stereocenters. The molecule has 0 unspecified atom stereocenters. The van der Waals surface area contributed by atoms with Gasteiger partial charge in [-0.2, -0.15) is 0 Å². The zero-order valence-corrected chi connectivity index (χ0v) is 11.5. The summed E-state index contributed by atoms with van der Waals surface area (Å²) in [7, 11) is 0. The fourth-order valence-electron chi connectivity index (χ4n) is 2.57. The molecule has 1 saturated heterocycles. The van der Waals surface area contributed by atoms with Crippen molar-refractivity contribution in [1.82, 2.24) is 10.2 Å². The molecule has 1 aliphatic heterocycles. The average molecular weight is 257 g/mol. The summed E-state index contributed by atoms with van der Waals surface area (Å²) in [4.78, 5) is 2.48. The minimum absolute atomic E-state index is 0.137. The van der Waals surface area contributed by atoms with Crippen LogP contribution in [-0.4, -0.2) is 31.1 Å². The van der Waals surface area contributed by atoms with Crippen LogP contribution in [0.2, 0.25) is 5.22 Å². The molecule has 0 aromatic carbocycles. The van der Waals surface area contributed by atoms with E-state index in [-0.39, 0.29) is 11.5 Å². The van der Waals surface area contributed by atoms with Gasteiger partial charge in [0.15, 0.2) is 5.22 Å². The molecule has 0 saturated carbocycles.